The molecule has 0 saturated heterocycles. The molecule has 2 aromatic carbocycles. The normalized spacial score (nSPS) is 14.0. The number of hydrogen-bond acceptors (Lipinski definition) is 8. The van der Waals surface area contributed by atoms with Crippen LogP contribution in [0.5, 0.6) is 23.5 Å². The van der Waals surface area contributed by atoms with Gasteiger partial charge in [-0.15, -0.1) is 0 Å². The molecule has 0 aliphatic heterocycles. The van der Waals surface area contributed by atoms with Gasteiger partial charge in [-0.1, -0.05) is 25.1 Å². The van der Waals surface area contributed by atoms with Crippen molar-refractivity contribution in [2.45, 2.75) is 19.9 Å². The average molecular weight is 430 g/mol. The highest BCUT2D eigenvalue weighted by molar-refractivity contribution is 5.89. The number of para-hydroxylation sites is 1. The Balaban J connectivity index is 1.76. The largest absolute Gasteiger partial charge is 0.481 e. The fraction of sp³-hybridized carbons (Fsp3) is 0.261. The Morgan fingerprint density at radius 3 is 2.42 bits per heavy atom. The van der Waals surface area contributed by atoms with E-state index >= 15 is 0 Å². The minimum atomic E-state index is -2.84. The zero-order valence-corrected chi connectivity index (χ0v) is 16.8. The van der Waals surface area contributed by atoms with Gasteiger partial charge in [0.15, 0.2) is 0 Å². The van der Waals surface area contributed by atoms with E-state index in [2.05, 4.69) is 15.3 Å². The van der Waals surface area contributed by atoms with Crippen LogP contribution in [0.4, 0.5) is 5.69 Å². The van der Waals surface area contributed by atoms with Crippen LogP contribution in [-0.4, -0.2) is 36.6 Å². The third-order valence-corrected chi connectivity index (χ3v) is 4.08. The third kappa shape index (κ3) is 6.08. The molecule has 0 fully saturated rings. The van der Waals surface area contributed by atoms with Crippen molar-refractivity contribution in [1.29, 1.82) is 0 Å². The summed E-state index contributed by atoms with van der Waals surface area (Å²) in [5, 5.41) is 3.21. The number of nitrogens with zero attached hydrogens (tertiary/aromatic N) is 2. The van der Waals surface area contributed by atoms with Gasteiger partial charge in [0.1, 0.15) is 5.75 Å². The lowest BCUT2D eigenvalue weighted by Gasteiger charge is -2.13. The Kier molecular flexibility index (Phi) is 5.26. The SMILES string of the molecule is [2H]C([2H])([2H])Oc1cc(OC([2H])([2H])[2H])nc(Oc2ccccc2CNc2ccc(C(=O)OCCC)cc2)n1. The average Bonchev–Trinajstić information content (AvgIpc) is 2.80. The van der Waals surface area contributed by atoms with Crippen molar-refractivity contribution < 1.29 is 32.0 Å². The highest BCUT2D eigenvalue weighted by Crippen LogP contribution is 2.27. The van der Waals surface area contributed by atoms with Gasteiger partial charge in [-0.25, -0.2) is 4.79 Å². The molecule has 1 aromatic heterocycles. The number of nitrogens with one attached hydrogen (secondary N) is 1. The Bertz CT molecular complexity index is 1170. The van der Waals surface area contributed by atoms with Crippen molar-refractivity contribution in [2.24, 2.45) is 0 Å². The van der Waals surface area contributed by atoms with Gasteiger partial charge < -0.3 is 24.3 Å². The first-order chi connectivity index (χ1) is 17.4. The summed E-state index contributed by atoms with van der Waals surface area (Å²) < 4.78 is 64.1. The van der Waals surface area contributed by atoms with E-state index in [4.69, 9.17) is 27.2 Å². The van der Waals surface area contributed by atoms with Crippen LogP contribution >= 0.6 is 0 Å². The molecule has 1 heterocycles. The van der Waals surface area contributed by atoms with Crippen LogP contribution in [0.2, 0.25) is 0 Å². The van der Waals surface area contributed by atoms with Crippen molar-refractivity contribution in [3.8, 4) is 23.5 Å². The van der Waals surface area contributed by atoms with Crippen LogP contribution in [0, 0.1) is 0 Å². The quantitative estimate of drug-likeness (QED) is 0.472. The van der Waals surface area contributed by atoms with E-state index in [9.17, 15) is 4.79 Å². The fourth-order valence-corrected chi connectivity index (χ4v) is 2.58. The van der Waals surface area contributed by atoms with Crippen LogP contribution in [0.3, 0.4) is 0 Å². The van der Waals surface area contributed by atoms with Gasteiger partial charge in [0.2, 0.25) is 11.8 Å². The predicted molar refractivity (Wildman–Crippen MR) is 116 cm³/mol. The lowest BCUT2D eigenvalue weighted by atomic mass is 10.1. The molecular formula is C23H25N3O5. The Morgan fingerprint density at radius 2 is 1.74 bits per heavy atom. The molecule has 31 heavy (non-hydrogen) atoms. The standard InChI is InChI=1S/C23H25N3O5/c1-4-13-30-22(27)16-9-11-18(12-10-16)24-15-17-7-5-6-8-19(17)31-23-25-20(28-2)14-21(26-23)29-3/h5-12,14,24H,4,13,15H2,1-3H3/i2D3,3D3. The number of methoxy groups -OCH3 is 2. The summed E-state index contributed by atoms with van der Waals surface area (Å²) in [6, 6.07) is 14.3. The van der Waals surface area contributed by atoms with Gasteiger partial charge in [0.25, 0.3) is 0 Å². The monoisotopic (exact) mass is 429 g/mol. The number of ether oxygens (including phenoxy) is 4. The van der Waals surface area contributed by atoms with Gasteiger partial charge in [0, 0.05) is 17.8 Å². The summed E-state index contributed by atoms with van der Waals surface area (Å²) in [5.41, 5.74) is 1.85. The molecule has 0 amide bonds. The van der Waals surface area contributed by atoms with E-state index in [0.29, 0.717) is 30.0 Å². The number of carbonyl (C=O) groups excluding carboxylic acids is 1. The first-order valence-electron chi connectivity index (χ1n) is 12.5. The summed E-state index contributed by atoms with van der Waals surface area (Å²) in [4.78, 5) is 19.8. The summed E-state index contributed by atoms with van der Waals surface area (Å²) in [7, 11) is -5.68. The van der Waals surface area contributed by atoms with Crippen LogP contribution < -0.4 is 19.5 Å². The minimum Gasteiger partial charge on any atom is -0.481 e. The minimum absolute atomic E-state index is 0.305. The molecule has 0 bridgehead atoms. The first kappa shape index (κ1) is 15.1. The molecule has 0 aliphatic carbocycles. The van der Waals surface area contributed by atoms with Crippen LogP contribution in [0.25, 0.3) is 0 Å². The summed E-state index contributed by atoms with van der Waals surface area (Å²) in [6.45, 7) is 2.58. The van der Waals surface area contributed by atoms with Gasteiger partial charge in [0.05, 0.1) is 40.5 Å². The molecule has 0 unspecified atom stereocenters. The number of benzene rings is 2. The van der Waals surface area contributed by atoms with Crippen molar-refractivity contribution in [3.63, 3.8) is 0 Å². The number of rotatable bonds is 10. The number of aromatic nitrogens is 2. The Morgan fingerprint density at radius 1 is 1.03 bits per heavy atom. The van der Waals surface area contributed by atoms with Crippen molar-refractivity contribution in [3.05, 3.63) is 65.7 Å². The van der Waals surface area contributed by atoms with Crippen LogP contribution in [-0.2, 0) is 11.3 Å². The molecule has 0 spiro atoms. The highest BCUT2D eigenvalue weighted by Gasteiger charge is 2.11. The smallest absolute Gasteiger partial charge is 0.338 e. The Labute approximate surface area is 189 Å². The third-order valence-electron chi connectivity index (χ3n) is 4.08. The predicted octanol–water partition coefficient (Wildman–Crippen LogP) is 4.47. The van der Waals surface area contributed by atoms with Gasteiger partial charge in [-0.05, 0) is 36.8 Å². The maximum Gasteiger partial charge on any atom is 0.338 e. The summed E-state index contributed by atoms with van der Waals surface area (Å²) in [5.74, 6) is -0.964. The molecule has 3 aromatic rings. The molecule has 0 saturated carbocycles. The lowest BCUT2D eigenvalue weighted by molar-refractivity contribution is 0.0505. The van der Waals surface area contributed by atoms with Crippen molar-refractivity contribution >= 4 is 11.7 Å². The van der Waals surface area contributed by atoms with E-state index in [1.807, 2.05) is 6.92 Å². The Hall–Kier alpha value is -3.81. The van der Waals surface area contributed by atoms with Crippen molar-refractivity contribution in [2.75, 3.05) is 26.0 Å². The number of anilines is 1. The second-order valence-electron chi connectivity index (χ2n) is 6.31. The maximum absolute atomic E-state index is 12.0. The summed E-state index contributed by atoms with van der Waals surface area (Å²) >= 11 is 0. The molecule has 0 atom stereocenters. The molecule has 162 valence electrons. The van der Waals surface area contributed by atoms with Gasteiger partial charge in [-0.2, -0.15) is 9.97 Å². The zero-order chi connectivity index (χ0) is 27.1. The second kappa shape index (κ2) is 10.8. The molecule has 8 nitrogen and oxygen atoms in total. The van der Waals surface area contributed by atoms with E-state index in [-0.39, 0.29) is 6.01 Å². The molecule has 8 heteroatoms. The lowest BCUT2D eigenvalue weighted by Crippen LogP contribution is -2.06. The highest BCUT2D eigenvalue weighted by atomic mass is 16.5. The number of hydrogen-bond donors (Lipinski definition) is 1. The fourth-order valence-electron chi connectivity index (χ4n) is 2.58. The van der Waals surface area contributed by atoms with E-state index in [1.165, 1.54) is 0 Å². The molecule has 3 rings (SSSR count). The topological polar surface area (TPSA) is 91.8 Å². The number of esters is 1. The van der Waals surface area contributed by atoms with Gasteiger partial charge >= 0.3 is 12.0 Å². The first-order valence-corrected chi connectivity index (χ1v) is 9.46. The van der Waals surface area contributed by atoms with E-state index < -0.39 is 31.8 Å². The van der Waals surface area contributed by atoms with Crippen molar-refractivity contribution in [1.82, 2.24) is 9.97 Å². The molecular weight excluding hydrogens is 398 g/mol. The second-order valence-corrected chi connectivity index (χ2v) is 6.31. The molecule has 1 N–H and O–H groups in total. The molecule has 0 aliphatic rings. The number of carbonyl (C=O) groups is 1. The van der Waals surface area contributed by atoms with E-state index in [0.717, 1.165) is 18.2 Å². The zero-order valence-electron chi connectivity index (χ0n) is 22.8. The van der Waals surface area contributed by atoms with E-state index in [1.54, 1.807) is 48.5 Å². The summed E-state index contributed by atoms with van der Waals surface area (Å²) in [6.07, 6.45) is 0.739. The molecule has 0 radical (unpaired) electrons. The maximum atomic E-state index is 12.0. The van der Waals surface area contributed by atoms with Crippen LogP contribution in [0.1, 0.15) is 37.5 Å². The van der Waals surface area contributed by atoms with Gasteiger partial charge in [-0.3, -0.25) is 0 Å². The van der Waals surface area contributed by atoms with Crippen LogP contribution in [0.15, 0.2) is 54.6 Å².